The summed E-state index contributed by atoms with van der Waals surface area (Å²) in [5.41, 5.74) is 2.70. The maximum atomic E-state index is 11.9. The average molecular weight is 323 g/mol. The number of fused-ring (bicyclic) bond motifs is 1. The smallest absolute Gasteiger partial charge is 0.224 e. The highest BCUT2D eigenvalue weighted by atomic mass is 16.2. The van der Waals surface area contributed by atoms with Gasteiger partial charge in [0, 0.05) is 29.0 Å². The van der Waals surface area contributed by atoms with Crippen LogP contribution < -0.4 is 21.6 Å². The summed E-state index contributed by atoms with van der Waals surface area (Å²) in [6.07, 6.45) is 5.36. The van der Waals surface area contributed by atoms with E-state index in [2.05, 4.69) is 15.4 Å². The van der Waals surface area contributed by atoms with Crippen LogP contribution in [0.1, 0.15) is 32.3 Å². The SMILES string of the molecule is CC(=N)C(C(C)=NN)=c1ccc2c(c1)C=NC(NC(=O)C1CC1)C=2. The first-order chi connectivity index (χ1) is 11.5. The number of hydrogen-bond acceptors (Lipinski definition) is 5. The third-order valence-corrected chi connectivity index (χ3v) is 4.26. The van der Waals surface area contributed by atoms with E-state index in [4.69, 9.17) is 11.3 Å². The molecule has 1 aliphatic carbocycles. The normalized spacial score (nSPS) is 20.8. The number of benzene rings is 1. The summed E-state index contributed by atoms with van der Waals surface area (Å²) < 4.78 is 0. The number of nitrogens with one attached hydrogen (secondary N) is 2. The molecular weight excluding hydrogens is 302 g/mol. The zero-order valence-electron chi connectivity index (χ0n) is 13.8. The van der Waals surface area contributed by atoms with Crippen molar-refractivity contribution in [3.8, 4) is 0 Å². The Bertz CT molecular complexity index is 877. The van der Waals surface area contributed by atoms with Crippen LogP contribution in [0.2, 0.25) is 0 Å². The summed E-state index contributed by atoms with van der Waals surface area (Å²) >= 11 is 0. The Hall–Kier alpha value is -2.76. The number of hydrazone groups is 1. The first-order valence-electron chi connectivity index (χ1n) is 7.99. The van der Waals surface area contributed by atoms with Gasteiger partial charge in [0.15, 0.2) is 0 Å². The van der Waals surface area contributed by atoms with Crippen LogP contribution in [0.3, 0.4) is 0 Å². The highest BCUT2D eigenvalue weighted by Crippen LogP contribution is 2.28. The molecule has 0 saturated heterocycles. The zero-order valence-corrected chi connectivity index (χ0v) is 13.8. The lowest BCUT2D eigenvalue weighted by atomic mass is 10.0. The van der Waals surface area contributed by atoms with Crippen molar-refractivity contribution in [2.75, 3.05) is 0 Å². The fourth-order valence-electron chi connectivity index (χ4n) is 2.82. The molecule has 1 atom stereocenters. The van der Waals surface area contributed by atoms with Crippen molar-refractivity contribution in [1.82, 2.24) is 5.32 Å². The van der Waals surface area contributed by atoms with E-state index in [0.717, 1.165) is 34.4 Å². The van der Waals surface area contributed by atoms with Crippen molar-refractivity contribution in [3.63, 3.8) is 0 Å². The minimum atomic E-state index is -0.309. The van der Waals surface area contributed by atoms with Gasteiger partial charge in [-0.05, 0) is 49.3 Å². The summed E-state index contributed by atoms with van der Waals surface area (Å²) in [7, 11) is 0. The van der Waals surface area contributed by atoms with Crippen LogP contribution in [-0.4, -0.2) is 29.7 Å². The molecule has 1 aromatic carbocycles. The Morgan fingerprint density at radius 1 is 1.38 bits per heavy atom. The van der Waals surface area contributed by atoms with Crippen molar-refractivity contribution < 1.29 is 4.79 Å². The monoisotopic (exact) mass is 323 g/mol. The van der Waals surface area contributed by atoms with E-state index in [1.807, 2.05) is 24.3 Å². The number of aliphatic imine (C=N–C) groups is 1. The minimum Gasteiger partial charge on any atom is -0.331 e. The maximum absolute atomic E-state index is 11.9. The topological polar surface area (TPSA) is 104 Å². The Labute approximate surface area is 140 Å². The molecule has 1 fully saturated rings. The summed E-state index contributed by atoms with van der Waals surface area (Å²) in [6, 6.07) is 5.88. The number of nitrogens with two attached hydrogens (primary N) is 1. The predicted octanol–water partition coefficient (Wildman–Crippen LogP) is 0.277. The molecule has 3 rings (SSSR count). The Balaban J connectivity index is 1.97. The van der Waals surface area contributed by atoms with Crippen molar-refractivity contribution in [2.24, 2.45) is 21.9 Å². The molecule has 0 spiro atoms. The number of carbonyl (C=O) groups is 1. The van der Waals surface area contributed by atoms with Gasteiger partial charge in [-0.15, -0.1) is 0 Å². The number of carbonyl (C=O) groups excluding carboxylic acids is 1. The lowest BCUT2D eigenvalue weighted by Crippen LogP contribution is -2.36. The first-order valence-corrected chi connectivity index (χ1v) is 7.99. The van der Waals surface area contributed by atoms with Crippen molar-refractivity contribution >= 4 is 35.2 Å². The van der Waals surface area contributed by atoms with Crippen LogP contribution in [0, 0.1) is 11.3 Å². The average Bonchev–Trinajstić information content (AvgIpc) is 3.39. The highest BCUT2D eigenvalue weighted by Gasteiger charge is 2.30. The molecule has 6 heteroatoms. The van der Waals surface area contributed by atoms with Gasteiger partial charge in [0.25, 0.3) is 0 Å². The van der Waals surface area contributed by atoms with Crippen molar-refractivity contribution in [2.45, 2.75) is 32.9 Å². The lowest BCUT2D eigenvalue weighted by molar-refractivity contribution is -0.122. The van der Waals surface area contributed by atoms with Crippen LogP contribution in [0.15, 0.2) is 28.3 Å². The Kier molecular flexibility index (Phi) is 4.29. The van der Waals surface area contributed by atoms with E-state index >= 15 is 0 Å². The van der Waals surface area contributed by atoms with E-state index in [0.29, 0.717) is 11.4 Å². The molecule has 2 aliphatic rings. The molecule has 1 saturated carbocycles. The van der Waals surface area contributed by atoms with Crippen LogP contribution >= 0.6 is 0 Å². The van der Waals surface area contributed by atoms with Crippen molar-refractivity contribution in [3.05, 3.63) is 34.2 Å². The van der Waals surface area contributed by atoms with Gasteiger partial charge in [0.1, 0.15) is 6.17 Å². The summed E-state index contributed by atoms with van der Waals surface area (Å²) in [4.78, 5) is 16.3. The van der Waals surface area contributed by atoms with Gasteiger partial charge >= 0.3 is 0 Å². The second kappa shape index (κ2) is 6.39. The number of nitrogens with zero attached hydrogens (tertiary/aromatic N) is 2. The zero-order chi connectivity index (χ0) is 17.3. The third kappa shape index (κ3) is 3.27. The molecule has 124 valence electrons. The van der Waals surface area contributed by atoms with Gasteiger partial charge in [-0.3, -0.25) is 9.79 Å². The molecule has 1 aromatic rings. The van der Waals surface area contributed by atoms with Crippen LogP contribution in [0.25, 0.3) is 11.6 Å². The maximum Gasteiger partial charge on any atom is 0.224 e. The van der Waals surface area contributed by atoms with Gasteiger partial charge in [-0.1, -0.05) is 12.1 Å². The largest absolute Gasteiger partial charge is 0.331 e. The van der Waals surface area contributed by atoms with E-state index < -0.39 is 0 Å². The van der Waals surface area contributed by atoms with Gasteiger partial charge in [0.05, 0.1) is 5.71 Å². The summed E-state index contributed by atoms with van der Waals surface area (Å²) in [6.45, 7) is 3.50. The lowest BCUT2D eigenvalue weighted by Gasteiger charge is -2.14. The Morgan fingerprint density at radius 2 is 2.12 bits per heavy atom. The molecule has 0 radical (unpaired) electrons. The molecule has 0 bridgehead atoms. The van der Waals surface area contributed by atoms with Crippen LogP contribution in [-0.2, 0) is 4.79 Å². The van der Waals surface area contributed by atoms with Gasteiger partial charge in [-0.25, -0.2) is 0 Å². The fourth-order valence-corrected chi connectivity index (χ4v) is 2.82. The second-order valence-corrected chi connectivity index (χ2v) is 6.23. The number of amides is 1. The molecular formula is C18H21N5O. The number of rotatable bonds is 4. The van der Waals surface area contributed by atoms with Crippen molar-refractivity contribution in [1.29, 1.82) is 5.41 Å². The van der Waals surface area contributed by atoms with E-state index in [-0.39, 0.29) is 18.0 Å². The molecule has 1 aliphatic heterocycles. The predicted molar refractivity (Wildman–Crippen MR) is 96.5 cm³/mol. The summed E-state index contributed by atoms with van der Waals surface area (Å²) in [5, 5.41) is 16.5. The second-order valence-electron chi connectivity index (χ2n) is 6.23. The van der Waals surface area contributed by atoms with Gasteiger partial charge < -0.3 is 16.6 Å². The standard InChI is InChI=1S/C18H21N5O/c1-10(19)17(11(2)23-20)14-6-5-13-8-16(21-9-15(13)7-14)22-18(24)12-3-4-12/h5-9,12,16,19H,3-4,20H2,1-2H3,(H,22,24). The molecule has 24 heavy (non-hydrogen) atoms. The van der Waals surface area contributed by atoms with E-state index in [1.54, 1.807) is 20.1 Å². The third-order valence-electron chi connectivity index (χ3n) is 4.26. The molecule has 1 heterocycles. The molecule has 4 N–H and O–H groups in total. The molecule has 6 nitrogen and oxygen atoms in total. The van der Waals surface area contributed by atoms with E-state index in [9.17, 15) is 4.79 Å². The minimum absolute atomic E-state index is 0.0818. The first kappa shape index (κ1) is 16.1. The quantitative estimate of drug-likeness (QED) is 0.421. The molecule has 1 amide bonds. The van der Waals surface area contributed by atoms with Gasteiger partial charge in [0.2, 0.25) is 5.91 Å². The molecule has 0 aromatic heterocycles. The Morgan fingerprint density at radius 3 is 2.75 bits per heavy atom. The van der Waals surface area contributed by atoms with Gasteiger partial charge in [-0.2, -0.15) is 5.10 Å². The highest BCUT2D eigenvalue weighted by molar-refractivity contribution is 6.42. The fraction of sp³-hybridized carbons (Fsp3) is 0.333. The van der Waals surface area contributed by atoms with E-state index in [1.165, 1.54) is 0 Å². The summed E-state index contributed by atoms with van der Waals surface area (Å²) in [5.74, 6) is 5.63. The van der Waals surface area contributed by atoms with Crippen LogP contribution in [0.4, 0.5) is 0 Å². The van der Waals surface area contributed by atoms with Crippen LogP contribution in [0.5, 0.6) is 0 Å². The number of hydrogen-bond donors (Lipinski definition) is 3. The molecule has 1 unspecified atom stereocenters.